The molecule has 1 atom stereocenters. The summed E-state index contributed by atoms with van der Waals surface area (Å²) < 4.78 is 16.7. The van der Waals surface area contributed by atoms with Gasteiger partial charge in [0.05, 0.1) is 37.8 Å². The molecule has 4 rings (SSSR count). The number of nitrogens with one attached hydrogen (secondary N) is 1. The highest BCUT2D eigenvalue weighted by atomic mass is 16.5. The van der Waals surface area contributed by atoms with Crippen LogP contribution >= 0.6 is 0 Å². The van der Waals surface area contributed by atoms with Crippen LogP contribution in [0.4, 0.5) is 11.5 Å². The van der Waals surface area contributed by atoms with Gasteiger partial charge in [0.15, 0.2) is 0 Å². The first-order chi connectivity index (χ1) is 13.2. The summed E-state index contributed by atoms with van der Waals surface area (Å²) in [5.74, 6) is 1.48. The van der Waals surface area contributed by atoms with E-state index in [-0.39, 0.29) is 11.8 Å². The Morgan fingerprint density at radius 2 is 2.00 bits per heavy atom. The van der Waals surface area contributed by atoms with Crippen molar-refractivity contribution in [2.75, 3.05) is 50.2 Å². The van der Waals surface area contributed by atoms with Crippen LogP contribution in [0.25, 0.3) is 0 Å². The summed E-state index contributed by atoms with van der Waals surface area (Å²) >= 11 is 0. The van der Waals surface area contributed by atoms with Crippen molar-refractivity contribution in [3.8, 4) is 5.75 Å². The van der Waals surface area contributed by atoms with Crippen molar-refractivity contribution in [2.45, 2.75) is 12.5 Å². The maximum Gasteiger partial charge on any atom is 0.132 e. The molecular weight excluding hydrogens is 346 g/mol. The summed E-state index contributed by atoms with van der Waals surface area (Å²) in [5, 5.41) is 8.61. The molecule has 1 unspecified atom stereocenters. The quantitative estimate of drug-likeness (QED) is 0.607. The molecule has 2 saturated heterocycles. The number of anilines is 2. The standard InChI is InChI=1S/C19H23N5O3/c20-16-2-1-13(27-14-3-6-26-11-14)9-15(16)19(21)17-10-18(23-12-22-17)24-4-7-25-8-5-24/h1-2,9-10,12,14,21H,3-8,11,20H2. The van der Waals surface area contributed by atoms with Crippen LogP contribution in [0.15, 0.2) is 30.6 Å². The smallest absolute Gasteiger partial charge is 0.132 e. The number of rotatable bonds is 5. The van der Waals surface area contributed by atoms with Crippen LogP contribution < -0.4 is 15.4 Å². The topological polar surface area (TPSA) is 107 Å². The summed E-state index contributed by atoms with van der Waals surface area (Å²) in [6.07, 6.45) is 2.40. The molecule has 8 nitrogen and oxygen atoms in total. The van der Waals surface area contributed by atoms with Crippen molar-refractivity contribution < 1.29 is 14.2 Å². The van der Waals surface area contributed by atoms with Crippen LogP contribution in [0.1, 0.15) is 17.7 Å². The minimum atomic E-state index is 0.0441. The molecule has 0 aliphatic carbocycles. The van der Waals surface area contributed by atoms with E-state index in [0.29, 0.717) is 49.1 Å². The first kappa shape index (κ1) is 17.7. The number of aromatic nitrogens is 2. The average Bonchev–Trinajstić information content (AvgIpc) is 3.23. The minimum Gasteiger partial charge on any atom is -0.488 e. The highest BCUT2D eigenvalue weighted by Crippen LogP contribution is 2.25. The van der Waals surface area contributed by atoms with Crippen molar-refractivity contribution in [2.24, 2.45) is 0 Å². The van der Waals surface area contributed by atoms with Gasteiger partial charge in [-0.25, -0.2) is 9.97 Å². The van der Waals surface area contributed by atoms with Gasteiger partial charge >= 0.3 is 0 Å². The summed E-state index contributed by atoms with van der Waals surface area (Å²) in [7, 11) is 0. The molecule has 27 heavy (non-hydrogen) atoms. The molecule has 3 N–H and O–H groups in total. The zero-order chi connectivity index (χ0) is 18.6. The number of benzene rings is 1. The summed E-state index contributed by atoms with van der Waals surface area (Å²) in [6, 6.07) is 7.21. The molecule has 2 aliphatic heterocycles. The lowest BCUT2D eigenvalue weighted by molar-refractivity contribution is 0.122. The van der Waals surface area contributed by atoms with E-state index < -0.39 is 0 Å². The van der Waals surface area contributed by atoms with Gasteiger partial charge in [0, 0.05) is 36.8 Å². The molecule has 0 saturated carbocycles. The second-order valence-corrected chi connectivity index (χ2v) is 6.59. The number of morpholine rings is 1. The van der Waals surface area contributed by atoms with Gasteiger partial charge in [-0.3, -0.25) is 5.41 Å². The molecule has 0 spiro atoms. The number of nitrogens with two attached hydrogens (primary N) is 1. The molecule has 2 fully saturated rings. The van der Waals surface area contributed by atoms with Crippen LogP contribution in [-0.4, -0.2) is 61.3 Å². The second-order valence-electron chi connectivity index (χ2n) is 6.59. The van der Waals surface area contributed by atoms with E-state index in [1.807, 2.05) is 12.1 Å². The van der Waals surface area contributed by atoms with E-state index in [0.717, 1.165) is 25.3 Å². The second kappa shape index (κ2) is 7.89. The largest absolute Gasteiger partial charge is 0.488 e. The van der Waals surface area contributed by atoms with Gasteiger partial charge in [-0.1, -0.05) is 0 Å². The number of nitrogen functional groups attached to an aromatic ring is 1. The zero-order valence-electron chi connectivity index (χ0n) is 15.1. The fourth-order valence-electron chi connectivity index (χ4n) is 3.21. The molecule has 0 bridgehead atoms. The van der Waals surface area contributed by atoms with Crippen molar-refractivity contribution in [1.29, 1.82) is 5.41 Å². The van der Waals surface area contributed by atoms with E-state index in [1.54, 1.807) is 12.1 Å². The van der Waals surface area contributed by atoms with E-state index >= 15 is 0 Å². The SMILES string of the molecule is N=C(c1cc(N2CCOCC2)ncn1)c1cc(OC2CCOC2)ccc1N. The monoisotopic (exact) mass is 369 g/mol. The van der Waals surface area contributed by atoms with Gasteiger partial charge in [-0.15, -0.1) is 0 Å². The molecule has 8 heteroatoms. The van der Waals surface area contributed by atoms with Crippen LogP contribution in [0.2, 0.25) is 0 Å². The molecule has 1 aromatic carbocycles. The molecular formula is C19H23N5O3. The van der Waals surface area contributed by atoms with Crippen LogP contribution in [0.3, 0.4) is 0 Å². The van der Waals surface area contributed by atoms with Gasteiger partial charge in [0.2, 0.25) is 0 Å². The van der Waals surface area contributed by atoms with Crippen molar-refractivity contribution in [1.82, 2.24) is 9.97 Å². The van der Waals surface area contributed by atoms with E-state index in [4.69, 9.17) is 25.4 Å². The van der Waals surface area contributed by atoms with Crippen molar-refractivity contribution in [3.63, 3.8) is 0 Å². The Hall–Kier alpha value is -2.71. The fourth-order valence-corrected chi connectivity index (χ4v) is 3.21. The van der Waals surface area contributed by atoms with Gasteiger partial charge < -0.3 is 24.8 Å². The molecule has 2 aliphatic rings. The van der Waals surface area contributed by atoms with Gasteiger partial charge in [-0.05, 0) is 18.2 Å². The first-order valence-corrected chi connectivity index (χ1v) is 9.08. The van der Waals surface area contributed by atoms with Gasteiger partial charge in [0.1, 0.15) is 24.0 Å². The first-order valence-electron chi connectivity index (χ1n) is 9.08. The van der Waals surface area contributed by atoms with Crippen LogP contribution in [0, 0.1) is 5.41 Å². The van der Waals surface area contributed by atoms with Crippen LogP contribution in [0.5, 0.6) is 5.75 Å². The third kappa shape index (κ3) is 4.01. The van der Waals surface area contributed by atoms with Gasteiger partial charge in [0.25, 0.3) is 0 Å². The Morgan fingerprint density at radius 1 is 1.15 bits per heavy atom. The number of nitrogens with zero attached hydrogens (tertiary/aromatic N) is 3. The maximum atomic E-state index is 8.61. The normalized spacial score (nSPS) is 19.9. The maximum absolute atomic E-state index is 8.61. The molecule has 0 amide bonds. The van der Waals surface area contributed by atoms with E-state index in [9.17, 15) is 0 Å². The molecule has 1 aromatic heterocycles. The third-order valence-electron chi connectivity index (χ3n) is 4.73. The lowest BCUT2D eigenvalue weighted by Gasteiger charge is -2.27. The number of hydrogen-bond acceptors (Lipinski definition) is 8. The lowest BCUT2D eigenvalue weighted by atomic mass is 10.0. The van der Waals surface area contributed by atoms with E-state index in [2.05, 4.69) is 14.9 Å². The number of ether oxygens (including phenoxy) is 3. The minimum absolute atomic E-state index is 0.0441. The highest BCUT2D eigenvalue weighted by molar-refractivity contribution is 6.13. The average molecular weight is 369 g/mol. The third-order valence-corrected chi connectivity index (χ3v) is 4.73. The molecule has 3 heterocycles. The lowest BCUT2D eigenvalue weighted by Crippen LogP contribution is -2.36. The predicted molar refractivity (Wildman–Crippen MR) is 102 cm³/mol. The Bertz CT molecular complexity index is 817. The highest BCUT2D eigenvalue weighted by Gasteiger charge is 2.19. The van der Waals surface area contributed by atoms with Gasteiger partial charge in [-0.2, -0.15) is 0 Å². The van der Waals surface area contributed by atoms with Crippen molar-refractivity contribution >= 4 is 17.2 Å². The Labute approximate surface area is 157 Å². The Balaban J connectivity index is 1.56. The molecule has 142 valence electrons. The van der Waals surface area contributed by atoms with Crippen molar-refractivity contribution in [3.05, 3.63) is 41.9 Å². The fraction of sp³-hybridized carbons (Fsp3) is 0.421. The molecule has 0 radical (unpaired) electrons. The zero-order valence-corrected chi connectivity index (χ0v) is 15.1. The van der Waals surface area contributed by atoms with Crippen LogP contribution in [-0.2, 0) is 9.47 Å². The Kier molecular flexibility index (Phi) is 5.17. The number of hydrogen-bond donors (Lipinski definition) is 2. The summed E-state index contributed by atoms with van der Waals surface area (Å²) in [5.41, 5.74) is 8.01. The summed E-state index contributed by atoms with van der Waals surface area (Å²) in [6.45, 7) is 4.21. The predicted octanol–water partition coefficient (Wildman–Crippen LogP) is 1.48. The molecule has 2 aromatic rings. The Morgan fingerprint density at radius 3 is 2.78 bits per heavy atom. The van der Waals surface area contributed by atoms with E-state index in [1.165, 1.54) is 6.33 Å². The summed E-state index contributed by atoms with van der Waals surface area (Å²) in [4.78, 5) is 10.7.